The molecule has 1 saturated heterocycles. The fraction of sp³-hybridized carbons (Fsp3) is 0.304. The number of amides is 1. The quantitative estimate of drug-likeness (QED) is 0.459. The van der Waals surface area contributed by atoms with E-state index in [1.54, 1.807) is 24.4 Å². The summed E-state index contributed by atoms with van der Waals surface area (Å²) in [6.45, 7) is 2.71. The van der Waals surface area contributed by atoms with Crippen molar-refractivity contribution in [2.45, 2.75) is 32.0 Å². The zero-order valence-electron chi connectivity index (χ0n) is 17.5. The maximum Gasteiger partial charge on any atom is 0.270 e. The summed E-state index contributed by atoms with van der Waals surface area (Å²) in [7, 11) is 0. The number of carbonyl (C=O) groups excluding carboxylic acids is 1. The molecule has 4 aromatic rings. The first-order valence-electron chi connectivity index (χ1n) is 10.7. The van der Waals surface area contributed by atoms with E-state index in [2.05, 4.69) is 20.6 Å². The number of carbonyl (C=O) groups is 1. The first kappa shape index (κ1) is 20.3. The number of aromatic nitrogens is 4. The Labute approximate surface area is 184 Å². The third kappa shape index (κ3) is 4.39. The molecule has 0 bridgehead atoms. The van der Waals surface area contributed by atoms with Gasteiger partial charge in [-0.25, -0.2) is 9.97 Å². The van der Waals surface area contributed by atoms with Crippen LogP contribution in [0.3, 0.4) is 0 Å². The van der Waals surface area contributed by atoms with Gasteiger partial charge in [-0.3, -0.25) is 14.0 Å². The molecule has 9 nitrogen and oxygen atoms in total. The minimum atomic E-state index is -0.412. The Kier molecular flexibility index (Phi) is 5.66. The van der Waals surface area contributed by atoms with Crippen molar-refractivity contribution in [3.63, 3.8) is 0 Å². The van der Waals surface area contributed by atoms with E-state index in [9.17, 15) is 9.59 Å². The molecule has 164 valence electrons. The van der Waals surface area contributed by atoms with Gasteiger partial charge in [0.1, 0.15) is 17.0 Å². The molecule has 0 radical (unpaired) electrons. The predicted molar refractivity (Wildman–Crippen MR) is 119 cm³/mol. The summed E-state index contributed by atoms with van der Waals surface area (Å²) in [6.07, 6.45) is 8.11. The molecule has 1 aliphatic rings. The Balaban J connectivity index is 1.22. The molecule has 5 heterocycles. The van der Waals surface area contributed by atoms with Crippen LogP contribution in [0, 0.1) is 0 Å². The summed E-state index contributed by atoms with van der Waals surface area (Å²) in [5, 5.41) is 6.24. The standard InChI is InChI=1S/C23H24N6O3/c30-22-10-19(27-21-5-1-2-8-29(21)22)23(31)25-12-17-15-28-14-16(6-7-20(28)26-17)11-24-13-18-4-3-9-32-18/h1-2,5-8,10,14-15,18,24H,3-4,9,11-13H2,(H,25,31). The zero-order chi connectivity index (χ0) is 21.9. The number of hydrogen-bond donors (Lipinski definition) is 2. The maximum absolute atomic E-state index is 12.5. The third-order valence-corrected chi connectivity index (χ3v) is 5.52. The second-order valence-corrected chi connectivity index (χ2v) is 7.89. The lowest BCUT2D eigenvalue weighted by atomic mass is 10.2. The number of imidazole rings is 1. The summed E-state index contributed by atoms with van der Waals surface area (Å²) in [4.78, 5) is 33.5. The molecule has 32 heavy (non-hydrogen) atoms. The number of nitrogens with zero attached hydrogens (tertiary/aromatic N) is 4. The molecule has 0 aliphatic carbocycles. The lowest BCUT2D eigenvalue weighted by molar-refractivity contribution is 0.0945. The molecular formula is C23H24N6O3. The van der Waals surface area contributed by atoms with Crippen molar-refractivity contribution in [3.8, 4) is 0 Å². The summed E-state index contributed by atoms with van der Waals surface area (Å²) >= 11 is 0. The first-order chi connectivity index (χ1) is 15.7. The predicted octanol–water partition coefficient (Wildman–Crippen LogP) is 1.54. The van der Waals surface area contributed by atoms with Gasteiger partial charge in [-0.05, 0) is 36.6 Å². The molecule has 1 unspecified atom stereocenters. The molecule has 9 heteroatoms. The number of rotatable bonds is 7. The molecule has 1 atom stereocenters. The normalized spacial score (nSPS) is 16.1. The van der Waals surface area contributed by atoms with Gasteiger partial charge in [0, 0.05) is 44.4 Å². The van der Waals surface area contributed by atoms with Gasteiger partial charge < -0.3 is 19.8 Å². The Morgan fingerprint density at radius 1 is 1.12 bits per heavy atom. The van der Waals surface area contributed by atoms with E-state index in [4.69, 9.17) is 4.74 Å². The average Bonchev–Trinajstić information content (AvgIpc) is 3.47. The molecule has 2 N–H and O–H groups in total. The van der Waals surface area contributed by atoms with Gasteiger partial charge in [0.25, 0.3) is 11.5 Å². The molecule has 0 spiro atoms. The van der Waals surface area contributed by atoms with Crippen LogP contribution in [-0.4, -0.2) is 43.9 Å². The highest BCUT2D eigenvalue weighted by Crippen LogP contribution is 2.12. The molecular weight excluding hydrogens is 408 g/mol. The van der Waals surface area contributed by atoms with Crippen molar-refractivity contribution >= 4 is 17.2 Å². The van der Waals surface area contributed by atoms with Gasteiger partial charge in [-0.1, -0.05) is 12.1 Å². The largest absolute Gasteiger partial charge is 0.377 e. The van der Waals surface area contributed by atoms with Crippen molar-refractivity contribution in [1.82, 2.24) is 29.4 Å². The summed E-state index contributed by atoms with van der Waals surface area (Å²) in [6, 6.07) is 10.4. The number of nitrogens with one attached hydrogen (secondary N) is 2. The second kappa shape index (κ2) is 8.89. The highest BCUT2D eigenvalue weighted by atomic mass is 16.5. The van der Waals surface area contributed by atoms with E-state index in [0.717, 1.165) is 49.4 Å². The molecule has 1 amide bonds. The van der Waals surface area contributed by atoms with Crippen LogP contribution in [0.2, 0.25) is 0 Å². The average molecular weight is 432 g/mol. The van der Waals surface area contributed by atoms with Crippen LogP contribution in [0.1, 0.15) is 34.6 Å². The maximum atomic E-state index is 12.5. The molecule has 0 aromatic carbocycles. The summed E-state index contributed by atoms with van der Waals surface area (Å²) < 4.78 is 8.98. The fourth-order valence-electron chi connectivity index (χ4n) is 3.89. The van der Waals surface area contributed by atoms with Gasteiger partial charge in [0.15, 0.2) is 0 Å². The van der Waals surface area contributed by atoms with Crippen molar-refractivity contribution in [1.29, 1.82) is 0 Å². The highest BCUT2D eigenvalue weighted by Gasteiger charge is 2.15. The van der Waals surface area contributed by atoms with Gasteiger partial charge >= 0.3 is 0 Å². The Morgan fingerprint density at radius 3 is 2.94 bits per heavy atom. The van der Waals surface area contributed by atoms with Crippen molar-refractivity contribution in [2.24, 2.45) is 0 Å². The van der Waals surface area contributed by atoms with Crippen LogP contribution in [0.5, 0.6) is 0 Å². The van der Waals surface area contributed by atoms with E-state index in [0.29, 0.717) is 11.8 Å². The minimum absolute atomic E-state index is 0.0876. The van der Waals surface area contributed by atoms with E-state index >= 15 is 0 Å². The van der Waals surface area contributed by atoms with Crippen LogP contribution in [0.4, 0.5) is 0 Å². The fourth-order valence-corrected chi connectivity index (χ4v) is 3.89. The van der Waals surface area contributed by atoms with Crippen LogP contribution in [0.15, 0.2) is 59.8 Å². The number of hydrogen-bond acceptors (Lipinski definition) is 6. The minimum Gasteiger partial charge on any atom is -0.377 e. The SMILES string of the molecule is O=C(NCc1cn2cc(CNCC3CCCO3)ccc2n1)c1cc(=O)n2ccccc2n1. The third-order valence-electron chi connectivity index (χ3n) is 5.52. The van der Waals surface area contributed by atoms with Gasteiger partial charge in [0.2, 0.25) is 0 Å². The molecule has 1 aliphatic heterocycles. The van der Waals surface area contributed by atoms with Gasteiger partial charge in [0.05, 0.1) is 18.3 Å². The van der Waals surface area contributed by atoms with E-state index in [-0.39, 0.29) is 17.8 Å². The van der Waals surface area contributed by atoms with E-state index < -0.39 is 5.91 Å². The highest BCUT2D eigenvalue weighted by molar-refractivity contribution is 5.92. The van der Waals surface area contributed by atoms with Crippen molar-refractivity contribution < 1.29 is 9.53 Å². The summed E-state index contributed by atoms with van der Waals surface area (Å²) in [5.74, 6) is -0.412. The van der Waals surface area contributed by atoms with Gasteiger partial charge in [-0.15, -0.1) is 0 Å². The Morgan fingerprint density at radius 2 is 2.06 bits per heavy atom. The number of ether oxygens (including phenoxy) is 1. The van der Waals surface area contributed by atoms with Crippen LogP contribution >= 0.6 is 0 Å². The lowest BCUT2D eigenvalue weighted by Gasteiger charge is -2.10. The monoisotopic (exact) mass is 432 g/mol. The molecule has 4 aromatic heterocycles. The number of pyridine rings is 2. The second-order valence-electron chi connectivity index (χ2n) is 7.89. The Hall–Kier alpha value is -3.56. The zero-order valence-corrected chi connectivity index (χ0v) is 17.5. The smallest absolute Gasteiger partial charge is 0.270 e. The molecule has 0 saturated carbocycles. The van der Waals surface area contributed by atoms with Crippen LogP contribution in [0.25, 0.3) is 11.3 Å². The molecule has 1 fully saturated rings. The van der Waals surface area contributed by atoms with Gasteiger partial charge in [-0.2, -0.15) is 0 Å². The van der Waals surface area contributed by atoms with Crippen molar-refractivity contribution in [3.05, 3.63) is 82.3 Å². The number of fused-ring (bicyclic) bond motifs is 2. The van der Waals surface area contributed by atoms with E-state index in [1.165, 1.54) is 10.5 Å². The summed E-state index contributed by atoms with van der Waals surface area (Å²) in [5.41, 5.74) is 2.89. The van der Waals surface area contributed by atoms with E-state index in [1.807, 2.05) is 28.9 Å². The first-order valence-corrected chi connectivity index (χ1v) is 10.7. The molecule has 5 rings (SSSR count). The topological polar surface area (TPSA) is 102 Å². The van der Waals surface area contributed by atoms with Crippen LogP contribution in [-0.2, 0) is 17.8 Å². The van der Waals surface area contributed by atoms with Crippen LogP contribution < -0.4 is 16.2 Å². The van der Waals surface area contributed by atoms with Crippen molar-refractivity contribution in [2.75, 3.05) is 13.2 Å². The lowest BCUT2D eigenvalue weighted by Crippen LogP contribution is -2.27. The Bertz CT molecular complexity index is 1320.